The lowest BCUT2D eigenvalue weighted by Crippen LogP contribution is -2.44. The van der Waals surface area contributed by atoms with Crippen LogP contribution in [0.4, 0.5) is 20.4 Å². The second kappa shape index (κ2) is 11.6. The van der Waals surface area contributed by atoms with Crippen LogP contribution in [0.1, 0.15) is 38.2 Å². The van der Waals surface area contributed by atoms with Gasteiger partial charge in [0.2, 0.25) is 21.9 Å². The van der Waals surface area contributed by atoms with Crippen molar-refractivity contribution in [3.8, 4) is 22.9 Å². The van der Waals surface area contributed by atoms with Gasteiger partial charge in [0.25, 0.3) is 0 Å². The highest BCUT2D eigenvalue weighted by Crippen LogP contribution is 2.43. The molecule has 1 aliphatic heterocycles. The Bertz CT molecular complexity index is 1760. The van der Waals surface area contributed by atoms with Crippen LogP contribution in [0.5, 0.6) is 11.6 Å². The van der Waals surface area contributed by atoms with Crippen LogP contribution < -0.4 is 20.1 Å². The average Bonchev–Trinajstić information content (AvgIpc) is 2.99. The molecular weight excluding hydrogens is 574 g/mol. The molecule has 2 aromatic heterocycles. The molecule has 2 aliphatic rings. The van der Waals surface area contributed by atoms with E-state index in [1.165, 1.54) is 13.0 Å². The fourth-order valence-electron chi connectivity index (χ4n) is 5.66. The number of anilines is 2. The van der Waals surface area contributed by atoms with Gasteiger partial charge in [-0.2, -0.15) is 0 Å². The summed E-state index contributed by atoms with van der Waals surface area (Å²) in [4.78, 5) is 13.6. The zero-order valence-corrected chi connectivity index (χ0v) is 24.8. The lowest BCUT2D eigenvalue weighted by molar-refractivity contribution is 0.0167. The van der Waals surface area contributed by atoms with E-state index in [4.69, 9.17) is 9.72 Å². The van der Waals surface area contributed by atoms with E-state index in [1.54, 1.807) is 42.7 Å². The van der Waals surface area contributed by atoms with Gasteiger partial charge in [0, 0.05) is 41.7 Å². The fourth-order valence-corrected chi connectivity index (χ4v) is 7.31. The molecule has 6 rings (SSSR count). The first-order chi connectivity index (χ1) is 20.6. The van der Waals surface area contributed by atoms with Gasteiger partial charge < -0.3 is 15.4 Å². The van der Waals surface area contributed by atoms with E-state index in [0.29, 0.717) is 46.6 Å². The van der Waals surface area contributed by atoms with E-state index in [1.807, 2.05) is 13.0 Å². The number of ether oxygens (including phenoxy) is 1. The molecule has 1 aliphatic carbocycles. The summed E-state index contributed by atoms with van der Waals surface area (Å²) in [5.74, 6) is -0.617. The maximum Gasteiger partial charge on any atom is 0.233 e. The van der Waals surface area contributed by atoms with Gasteiger partial charge in [-0.1, -0.05) is 12.1 Å². The summed E-state index contributed by atoms with van der Waals surface area (Å²) in [6.45, 7) is 5.08. The largest absolute Gasteiger partial charge is 0.437 e. The van der Waals surface area contributed by atoms with Gasteiger partial charge in [0.05, 0.1) is 22.7 Å². The van der Waals surface area contributed by atoms with E-state index in [0.717, 1.165) is 31.5 Å². The minimum Gasteiger partial charge on any atom is -0.437 e. The zero-order valence-electron chi connectivity index (χ0n) is 24.0. The molecule has 3 N–H and O–H groups in total. The summed E-state index contributed by atoms with van der Waals surface area (Å²) >= 11 is 0. The number of fused-ring (bicyclic) bond motifs is 1. The molecule has 226 valence electrons. The highest BCUT2D eigenvalue weighted by atomic mass is 32.2. The van der Waals surface area contributed by atoms with E-state index in [9.17, 15) is 12.8 Å². The van der Waals surface area contributed by atoms with Crippen molar-refractivity contribution in [2.75, 3.05) is 28.9 Å². The number of benzene rings is 2. The number of sulfonamides is 1. The minimum atomic E-state index is -4.03. The van der Waals surface area contributed by atoms with E-state index < -0.39 is 33.2 Å². The summed E-state index contributed by atoms with van der Waals surface area (Å²) in [6, 6.07) is 11.7. The van der Waals surface area contributed by atoms with Crippen LogP contribution in [0.25, 0.3) is 22.0 Å². The highest BCUT2D eigenvalue weighted by molar-refractivity contribution is 7.92. The quantitative estimate of drug-likeness (QED) is 0.213. The fraction of sp³-hybridized carbons (Fsp3) is 0.387. The molecule has 1 unspecified atom stereocenters. The van der Waals surface area contributed by atoms with Crippen molar-refractivity contribution in [3.05, 3.63) is 66.2 Å². The Morgan fingerprint density at radius 2 is 1.93 bits per heavy atom. The lowest BCUT2D eigenvalue weighted by Gasteiger charge is -2.40. The number of piperidine rings is 1. The van der Waals surface area contributed by atoms with Gasteiger partial charge in [-0.15, -0.1) is 0 Å². The Morgan fingerprint density at radius 3 is 2.67 bits per heavy atom. The molecule has 2 fully saturated rings. The summed E-state index contributed by atoms with van der Waals surface area (Å²) in [7, 11) is -4.03. The summed E-state index contributed by atoms with van der Waals surface area (Å²) in [5.41, 5.74) is 0.230. The molecule has 0 bridgehead atoms. The van der Waals surface area contributed by atoms with Crippen molar-refractivity contribution >= 4 is 32.4 Å². The number of alkyl halides is 1. The van der Waals surface area contributed by atoms with Gasteiger partial charge in [-0.05, 0) is 82.0 Å². The Kier molecular flexibility index (Phi) is 7.91. The molecule has 9 nitrogen and oxygen atoms in total. The van der Waals surface area contributed by atoms with Crippen molar-refractivity contribution in [2.45, 2.75) is 51.2 Å². The molecule has 0 amide bonds. The van der Waals surface area contributed by atoms with Gasteiger partial charge >= 0.3 is 0 Å². The number of pyridine rings is 1. The first kappa shape index (κ1) is 29.2. The molecule has 1 saturated carbocycles. The first-order valence-electron chi connectivity index (χ1n) is 14.4. The van der Waals surface area contributed by atoms with Gasteiger partial charge in [0.1, 0.15) is 17.2 Å². The van der Waals surface area contributed by atoms with Gasteiger partial charge in [-0.3, -0.25) is 4.72 Å². The molecule has 3 heterocycles. The van der Waals surface area contributed by atoms with Crippen LogP contribution in [-0.2, 0) is 10.0 Å². The summed E-state index contributed by atoms with van der Waals surface area (Å²) < 4.78 is 64.3. The van der Waals surface area contributed by atoms with Crippen LogP contribution in [0.3, 0.4) is 0 Å². The van der Waals surface area contributed by atoms with Crippen LogP contribution in [0.2, 0.25) is 0 Å². The van der Waals surface area contributed by atoms with Crippen molar-refractivity contribution in [1.29, 1.82) is 0 Å². The SMILES string of the molecule is Cc1ccc2c(NS(=O)(=O)C[C@@H]3CCC3(C)F)c(F)ccc2c1Oc1ncccc1-c1ccnc(N[C@H]2CCCNC2)n1. The number of nitrogens with zero attached hydrogens (tertiary/aromatic N) is 3. The molecule has 3 atom stereocenters. The monoisotopic (exact) mass is 608 g/mol. The second-order valence-corrected chi connectivity index (χ2v) is 13.3. The third-order valence-corrected chi connectivity index (χ3v) is 9.70. The Labute approximate surface area is 249 Å². The maximum atomic E-state index is 15.1. The molecule has 2 aromatic carbocycles. The molecule has 43 heavy (non-hydrogen) atoms. The zero-order chi connectivity index (χ0) is 30.2. The van der Waals surface area contributed by atoms with Gasteiger partial charge in [0.15, 0.2) is 0 Å². The number of hydrogen-bond acceptors (Lipinski definition) is 8. The predicted octanol–water partition coefficient (Wildman–Crippen LogP) is 5.98. The predicted molar refractivity (Wildman–Crippen MR) is 163 cm³/mol. The number of aryl methyl sites for hydroxylation is 1. The Morgan fingerprint density at radius 1 is 1.09 bits per heavy atom. The number of rotatable bonds is 9. The number of hydrogen-bond donors (Lipinski definition) is 3. The first-order valence-corrected chi connectivity index (χ1v) is 16.1. The van der Waals surface area contributed by atoms with Crippen LogP contribution in [0, 0.1) is 18.7 Å². The number of nitrogens with one attached hydrogen (secondary N) is 3. The molecule has 0 radical (unpaired) electrons. The molecule has 12 heteroatoms. The summed E-state index contributed by atoms with van der Waals surface area (Å²) in [5, 5.41) is 7.56. The number of aromatic nitrogens is 3. The van der Waals surface area contributed by atoms with Crippen molar-refractivity contribution < 1.29 is 21.9 Å². The number of halogens is 2. The maximum absolute atomic E-state index is 15.1. The highest BCUT2D eigenvalue weighted by Gasteiger charge is 2.45. The third kappa shape index (κ3) is 6.25. The van der Waals surface area contributed by atoms with Crippen molar-refractivity contribution in [3.63, 3.8) is 0 Å². The van der Waals surface area contributed by atoms with Crippen LogP contribution >= 0.6 is 0 Å². The van der Waals surface area contributed by atoms with Crippen molar-refractivity contribution in [2.24, 2.45) is 5.92 Å². The van der Waals surface area contributed by atoms with E-state index in [2.05, 4.69) is 25.3 Å². The van der Waals surface area contributed by atoms with E-state index >= 15 is 4.39 Å². The molecule has 0 spiro atoms. The van der Waals surface area contributed by atoms with E-state index in [-0.39, 0.29) is 17.6 Å². The van der Waals surface area contributed by atoms with Crippen LogP contribution in [0.15, 0.2) is 54.9 Å². The van der Waals surface area contributed by atoms with Gasteiger partial charge in [-0.25, -0.2) is 32.2 Å². The minimum absolute atomic E-state index is 0.202. The average molecular weight is 609 g/mol. The Balaban J connectivity index is 1.32. The standard InChI is InChI=1S/C31H34F2N6O3S/c1-19-7-8-22-23(9-10-25(32)27(22)39-43(40,41)18-20-11-13-31(20,2)33)28(19)42-29-24(6-4-15-35-29)26-12-16-36-30(38-26)37-21-5-3-14-34-17-21/h4,6-10,12,15-16,20-21,34,39H,3,5,11,13-14,17-18H2,1-2H3,(H,36,37,38)/t20-,21-,31?/m0/s1. The summed E-state index contributed by atoms with van der Waals surface area (Å²) in [6.07, 6.45) is 6.17. The van der Waals surface area contributed by atoms with Crippen molar-refractivity contribution in [1.82, 2.24) is 20.3 Å². The molecule has 1 saturated heterocycles. The topological polar surface area (TPSA) is 118 Å². The van der Waals surface area contributed by atoms with Crippen LogP contribution in [-0.4, -0.2) is 53.9 Å². The second-order valence-electron chi connectivity index (χ2n) is 11.5. The third-order valence-electron chi connectivity index (χ3n) is 8.34. The Hall–Kier alpha value is -3.90. The normalized spacial score (nSPS) is 22.1. The molecular formula is C31H34F2N6O3S. The smallest absolute Gasteiger partial charge is 0.233 e. The lowest BCUT2D eigenvalue weighted by atomic mass is 9.73. The molecule has 4 aromatic rings.